The minimum absolute atomic E-state index is 0.309. The fourth-order valence-electron chi connectivity index (χ4n) is 3.48. The van der Waals surface area contributed by atoms with Crippen LogP contribution in [0.2, 0.25) is 0 Å². The number of ether oxygens (including phenoxy) is 1. The van der Waals surface area contributed by atoms with Gasteiger partial charge in [-0.1, -0.05) is 57.5 Å². The van der Waals surface area contributed by atoms with E-state index < -0.39 is 0 Å². The van der Waals surface area contributed by atoms with Crippen LogP contribution in [0.15, 0.2) is 60.2 Å². The van der Waals surface area contributed by atoms with Crippen LogP contribution in [0, 0.1) is 0 Å². The number of fused-ring (bicyclic) bond motifs is 1. The SMILES string of the molecule is CCCCOC(=O)c1cccc(Nc2ncnc3scc(-c4ccc(C(C)C)cc4)c23)c1. The molecule has 0 fully saturated rings. The largest absolute Gasteiger partial charge is 0.462 e. The number of nitrogens with one attached hydrogen (secondary N) is 1. The average molecular weight is 446 g/mol. The van der Waals surface area contributed by atoms with Gasteiger partial charge in [0.15, 0.2) is 0 Å². The molecule has 0 saturated carbocycles. The molecule has 1 N–H and O–H groups in total. The maximum atomic E-state index is 12.3. The summed E-state index contributed by atoms with van der Waals surface area (Å²) in [6, 6.07) is 16.0. The second-order valence-corrected chi connectivity index (χ2v) is 8.88. The predicted molar refractivity (Wildman–Crippen MR) is 132 cm³/mol. The molecule has 2 aromatic heterocycles. The Morgan fingerprint density at radius 3 is 2.69 bits per heavy atom. The molecule has 0 bridgehead atoms. The van der Waals surface area contributed by atoms with Crippen LogP contribution in [0.3, 0.4) is 0 Å². The van der Waals surface area contributed by atoms with Crippen molar-refractivity contribution in [1.29, 1.82) is 0 Å². The number of rotatable bonds is 8. The van der Waals surface area contributed by atoms with Crippen LogP contribution in [-0.4, -0.2) is 22.5 Å². The van der Waals surface area contributed by atoms with Crippen LogP contribution in [0.5, 0.6) is 0 Å². The second-order valence-electron chi connectivity index (χ2n) is 8.02. The zero-order valence-corrected chi connectivity index (χ0v) is 19.4. The van der Waals surface area contributed by atoms with E-state index in [1.54, 1.807) is 29.8 Å². The molecule has 6 heteroatoms. The first kappa shape index (κ1) is 22.0. The number of benzene rings is 2. The van der Waals surface area contributed by atoms with Crippen LogP contribution in [0.4, 0.5) is 11.5 Å². The molecule has 4 aromatic rings. The van der Waals surface area contributed by atoms with Gasteiger partial charge in [0.25, 0.3) is 0 Å². The number of thiophene rings is 1. The van der Waals surface area contributed by atoms with Crippen LogP contribution in [-0.2, 0) is 4.74 Å². The van der Waals surface area contributed by atoms with Crippen molar-refractivity contribution in [2.75, 3.05) is 11.9 Å². The molecule has 0 amide bonds. The first-order chi connectivity index (χ1) is 15.6. The monoisotopic (exact) mass is 445 g/mol. The molecule has 0 saturated heterocycles. The van der Waals surface area contributed by atoms with Crippen molar-refractivity contribution in [3.8, 4) is 11.1 Å². The van der Waals surface area contributed by atoms with E-state index in [0.717, 1.165) is 45.7 Å². The van der Waals surface area contributed by atoms with Crippen molar-refractivity contribution in [2.45, 2.75) is 39.5 Å². The van der Waals surface area contributed by atoms with Crippen molar-refractivity contribution < 1.29 is 9.53 Å². The Bertz CT molecular complexity index is 1220. The number of carbonyl (C=O) groups excluding carboxylic acids is 1. The van der Waals surface area contributed by atoms with Crippen LogP contribution in [0.1, 0.15) is 55.5 Å². The Hall–Kier alpha value is -3.25. The van der Waals surface area contributed by atoms with Gasteiger partial charge in [0.05, 0.1) is 17.6 Å². The molecule has 2 aromatic carbocycles. The van der Waals surface area contributed by atoms with E-state index in [1.807, 2.05) is 12.1 Å². The Morgan fingerprint density at radius 1 is 1.12 bits per heavy atom. The third kappa shape index (κ3) is 4.81. The van der Waals surface area contributed by atoms with Gasteiger partial charge in [-0.2, -0.15) is 0 Å². The number of unbranched alkanes of at least 4 members (excludes halogenated alkanes) is 1. The zero-order chi connectivity index (χ0) is 22.5. The lowest BCUT2D eigenvalue weighted by Gasteiger charge is -2.11. The molecule has 0 spiro atoms. The number of hydrogen-bond donors (Lipinski definition) is 1. The lowest BCUT2D eigenvalue weighted by atomic mass is 9.99. The minimum atomic E-state index is -0.309. The van der Waals surface area contributed by atoms with E-state index in [9.17, 15) is 4.79 Å². The normalized spacial score (nSPS) is 11.1. The molecule has 4 rings (SSSR count). The summed E-state index contributed by atoms with van der Waals surface area (Å²) in [6.45, 7) is 6.89. The van der Waals surface area contributed by atoms with Gasteiger partial charge in [0, 0.05) is 16.6 Å². The number of carbonyl (C=O) groups is 1. The quantitative estimate of drug-likeness (QED) is 0.230. The molecule has 0 aliphatic carbocycles. The third-order valence-electron chi connectivity index (χ3n) is 5.35. The Morgan fingerprint density at radius 2 is 1.94 bits per heavy atom. The summed E-state index contributed by atoms with van der Waals surface area (Å²) in [4.78, 5) is 22.2. The molecular weight excluding hydrogens is 418 g/mol. The van der Waals surface area contributed by atoms with Gasteiger partial charge in [-0.15, -0.1) is 11.3 Å². The highest BCUT2D eigenvalue weighted by Gasteiger charge is 2.15. The van der Waals surface area contributed by atoms with Crippen molar-refractivity contribution in [3.05, 3.63) is 71.4 Å². The van der Waals surface area contributed by atoms with E-state index in [2.05, 4.69) is 65.7 Å². The van der Waals surface area contributed by atoms with Crippen molar-refractivity contribution >= 4 is 39.0 Å². The van der Waals surface area contributed by atoms with E-state index in [0.29, 0.717) is 18.1 Å². The van der Waals surface area contributed by atoms with Crippen LogP contribution >= 0.6 is 11.3 Å². The summed E-state index contributed by atoms with van der Waals surface area (Å²) in [7, 11) is 0. The Balaban J connectivity index is 1.64. The van der Waals surface area contributed by atoms with Gasteiger partial charge in [-0.25, -0.2) is 14.8 Å². The average Bonchev–Trinajstić information content (AvgIpc) is 3.25. The van der Waals surface area contributed by atoms with Crippen LogP contribution < -0.4 is 5.32 Å². The summed E-state index contributed by atoms with van der Waals surface area (Å²) in [5.41, 5.74) is 4.84. The van der Waals surface area contributed by atoms with Gasteiger partial charge >= 0.3 is 5.97 Å². The molecule has 0 radical (unpaired) electrons. The van der Waals surface area contributed by atoms with Gasteiger partial charge < -0.3 is 10.1 Å². The van der Waals surface area contributed by atoms with Gasteiger partial charge in [0.2, 0.25) is 0 Å². The lowest BCUT2D eigenvalue weighted by molar-refractivity contribution is 0.0500. The summed E-state index contributed by atoms with van der Waals surface area (Å²) in [5.74, 6) is 0.900. The Labute approximate surface area is 192 Å². The van der Waals surface area contributed by atoms with Gasteiger partial charge in [-0.05, 0) is 41.7 Å². The number of aromatic nitrogens is 2. The van der Waals surface area contributed by atoms with E-state index in [4.69, 9.17) is 4.74 Å². The summed E-state index contributed by atoms with van der Waals surface area (Å²) in [5, 5.41) is 6.48. The summed E-state index contributed by atoms with van der Waals surface area (Å²) >= 11 is 1.60. The predicted octanol–water partition coefficient (Wildman–Crippen LogP) is 7.18. The fourth-order valence-corrected chi connectivity index (χ4v) is 4.40. The maximum absolute atomic E-state index is 12.3. The minimum Gasteiger partial charge on any atom is -0.462 e. The first-order valence-electron chi connectivity index (χ1n) is 10.9. The molecule has 0 aliphatic rings. The molecule has 2 heterocycles. The van der Waals surface area contributed by atoms with E-state index in [-0.39, 0.29) is 5.97 Å². The highest BCUT2D eigenvalue weighted by atomic mass is 32.1. The van der Waals surface area contributed by atoms with E-state index in [1.165, 1.54) is 5.56 Å². The van der Waals surface area contributed by atoms with Crippen molar-refractivity contribution in [1.82, 2.24) is 9.97 Å². The molecule has 0 unspecified atom stereocenters. The van der Waals surface area contributed by atoms with E-state index >= 15 is 0 Å². The maximum Gasteiger partial charge on any atom is 0.338 e. The molecule has 0 atom stereocenters. The highest BCUT2D eigenvalue weighted by molar-refractivity contribution is 7.17. The standard InChI is InChI=1S/C26H27N3O2S/c1-4-5-13-31-26(30)20-7-6-8-21(14-20)29-24-23-22(15-32-25(23)28-16-27-24)19-11-9-18(10-12-19)17(2)3/h6-12,14-17H,4-5,13H2,1-3H3,(H,27,28,29). The fraction of sp³-hybridized carbons (Fsp3) is 0.269. The first-order valence-corrected chi connectivity index (χ1v) is 11.8. The smallest absolute Gasteiger partial charge is 0.338 e. The number of hydrogen-bond acceptors (Lipinski definition) is 6. The molecule has 0 aliphatic heterocycles. The molecule has 5 nitrogen and oxygen atoms in total. The lowest BCUT2D eigenvalue weighted by Crippen LogP contribution is -2.06. The molecule has 32 heavy (non-hydrogen) atoms. The summed E-state index contributed by atoms with van der Waals surface area (Å²) < 4.78 is 5.34. The summed E-state index contributed by atoms with van der Waals surface area (Å²) in [6.07, 6.45) is 3.42. The van der Waals surface area contributed by atoms with Crippen LogP contribution in [0.25, 0.3) is 21.3 Å². The number of nitrogens with zero attached hydrogens (tertiary/aromatic N) is 2. The third-order valence-corrected chi connectivity index (χ3v) is 6.24. The van der Waals surface area contributed by atoms with Gasteiger partial charge in [-0.3, -0.25) is 0 Å². The Kier molecular flexibility index (Phi) is 6.81. The zero-order valence-electron chi connectivity index (χ0n) is 18.6. The molecule has 164 valence electrons. The van der Waals surface area contributed by atoms with Gasteiger partial charge in [0.1, 0.15) is 17.0 Å². The highest BCUT2D eigenvalue weighted by Crippen LogP contribution is 2.37. The number of anilines is 2. The molecular formula is C26H27N3O2S. The number of esters is 1. The van der Waals surface area contributed by atoms with Crippen molar-refractivity contribution in [2.24, 2.45) is 0 Å². The topological polar surface area (TPSA) is 64.1 Å². The second kappa shape index (κ2) is 9.92. The van der Waals surface area contributed by atoms with Crippen molar-refractivity contribution in [3.63, 3.8) is 0 Å².